The maximum Gasteiger partial charge on any atom is 0.343 e. The van der Waals surface area contributed by atoms with E-state index in [0.717, 1.165) is 51.3 Å². The molecule has 40 heavy (non-hydrogen) atoms. The van der Waals surface area contributed by atoms with Gasteiger partial charge < -0.3 is 9.47 Å². The molecule has 0 saturated carbocycles. The molecule has 0 unspecified atom stereocenters. The Bertz CT molecular complexity index is 1640. The van der Waals surface area contributed by atoms with Crippen LogP contribution in [0.2, 0.25) is 0 Å². The largest absolute Gasteiger partial charge is 0.488 e. The van der Waals surface area contributed by atoms with E-state index in [2.05, 4.69) is 17.0 Å². The van der Waals surface area contributed by atoms with Crippen molar-refractivity contribution in [3.05, 3.63) is 108 Å². The molecule has 0 N–H and O–H groups in total. The lowest BCUT2D eigenvalue weighted by Crippen LogP contribution is -2.25. The molecule has 1 aliphatic rings. The van der Waals surface area contributed by atoms with E-state index in [1.54, 1.807) is 23.5 Å². The summed E-state index contributed by atoms with van der Waals surface area (Å²) in [6.07, 6.45) is 2.40. The van der Waals surface area contributed by atoms with Crippen LogP contribution in [0, 0.1) is 11.6 Å². The molecule has 4 aromatic carbocycles. The number of hydrogen-bond acceptors (Lipinski definition) is 5. The van der Waals surface area contributed by atoms with E-state index >= 15 is 0 Å². The van der Waals surface area contributed by atoms with Crippen molar-refractivity contribution in [2.45, 2.75) is 12.8 Å². The van der Waals surface area contributed by atoms with Gasteiger partial charge in [0, 0.05) is 21.5 Å². The van der Waals surface area contributed by atoms with E-state index in [4.69, 9.17) is 9.47 Å². The van der Waals surface area contributed by atoms with E-state index < -0.39 is 11.8 Å². The molecule has 4 nitrogen and oxygen atoms in total. The van der Waals surface area contributed by atoms with Crippen molar-refractivity contribution in [2.75, 3.05) is 26.2 Å². The highest BCUT2D eigenvalue weighted by molar-refractivity contribution is 7.22. The van der Waals surface area contributed by atoms with Gasteiger partial charge in [0.05, 0.1) is 5.56 Å². The van der Waals surface area contributed by atoms with Crippen LogP contribution in [-0.2, 0) is 0 Å². The minimum absolute atomic E-state index is 0.251. The van der Waals surface area contributed by atoms with Gasteiger partial charge in [-0.25, -0.2) is 13.6 Å². The highest BCUT2D eigenvalue weighted by Gasteiger charge is 2.17. The van der Waals surface area contributed by atoms with Crippen LogP contribution >= 0.6 is 11.3 Å². The third kappa shape index (κ3) is 5.76. The Kier molecular flexibility index (Phi) is 7.58. The van der Waals surface area contributed by atoms with Crippen molar-refractivity contribution in [1.82, 2.24) is 4.90 Å². The predicted octanol–water partition coefficient (Wildman–Crippen LogP) is 8.21. The van der Waals surface area contributed by atoms with Gasteiger partial charge in [-0.15, -0.1) is 11.3 Å². The normalized spacial score (nSPS) is 13.6. The number of thiophene rings is 1. The zero-order valence-electron chi connectivity index (χ0n) is 21.7. The molecule has 0 radical (unpaired) electrons. The molecule has 1 saturated heterocycles. The van der Waals surface area contributed by atoms with Crippen molar-refractivity contribution in [2.24, 2.45) is 0 Å². The zero-order chi connectivity index (χ0) is 27.5. The number of esters is 1. The number of hydrogen-bond donors (Lipinski definition) is 0. The fourth-order valence-corrected chi connectivity index (χ4v) is 6.06. The van der Waals surface area contributed by atoms with Crippen LogP contribution < -0.4 is 9.47 Å². The van der Waals surface area contributed by atoms with Gasteiger partial charge in [-0.1, -0.05) is 24.3 Å². The van der Waals surface area contributed by atoms with E-state index in [-0.39, 0.29) is 11.4 Å². The monoisotopic (exact) mass is 555 g/mol. The second-order valence-electron chi connectivity index (χ2n) is 9.79. The number of fused-ring (bicyclic) bond motifs is 1. The second-order valence-corrected chi connectivity index (χ2v) is 10.9. The number of halogens is 2. The third-order valence-corrected chi connectivity index (χ3v) is 8.24. The molecule has 1 aromatic heterocycles. The van der Waals surface area contributed by atoms with E-state index in [1.165, 1.54) is 49.2 Å². The smallest absolute Gasteiger partial charge is 0.343 e. The summed E-state index contributed by atoms with van der Waals surface area (Å²) in [7, 11) is 0. The number of carbonyl (C=O) groups excluding carboxylic acids is 1. The number of benzene rings is 4. The average Bonchev–Trinajstić information content (AvgIpc) is 3.65. The molecule has 6 rings (SSSR count). The number of rotatable bonds is 8. The number of nitrogens with zero attached hydrogens (tertiary/aromatic N) is 1. The maximum absolute atomic E-state index is 13.5. The molecule has 202 valence electrons. The highest BCUT2D eigenvalue weighted by Crippen LogP contribution is 2.41. The summed E-state index contributed by atoms with van der Waals surface area (Å²) < 4.78 is 39.9. The molecule has 1 aliphatic heterocycles. The first-order valence-corrected chi connectivity index (χ1v) is 14.1. The van der Waals surface area contributed by atoms with Crippen molar-refractivity contribution in [3.8, 4) is 33.1 Å². The topological polar surface area (TPSA) is 38.8 Å². The minimum atomic E-state index is -0.587. The Labute approximate surface area is 235 Å². The second kappa shape index (κ2) is 11.6. The number of likely N-dealkylation sites (tertiary alicyclic amines) is 1. The van der Waals surface area contributed by atoms with Gasteiger partial charge in [0.1, 0.15) is 18.2 Å². The van der Waals surface area contributed by atoms with Gasteiger partial charge in [0.2, 0.25) is 0 Å². The summed E-state index contributed by atoms with van der Waals surface area (Å²) in [5.74, 6) is -0.492. The molecule has 0 aliphatic carbocycles. The minimum Gasteiger partial charge on any atom is -0.488 e. The quantitative estimate of drug-likeness (QED) is 0.143. The van der Waals surface area contributed by atoms with Gasteiger partial charge in [0.15, 0.2) is 11.5 Å². The molecule has 0 bridgehead atoms. The van der Waals surface area contributed by atoms with Crippen LogP contribution in [0.1, 0.15) is 23.2 Å². The fourth-order valence-electron chi connectivity index (χ4n) is 4.98. The molecule has 5 aromatic rings. The van der Waals surface area contributed by atoms with Gasteiger partial charge >= 0.3 is 5.97 Å². The van der Waals surface area contributed by atoms with Crippen molar-refractivity contribution in [1.29, 1.82) is 0 Å². The maximum atomic E-state index is 13.5. The first-order valence-electron chi connectivity index (χ1n) is 13.3. The SMILES string of the molecule is O=C(Oc1cc(-c2cc3c(-c4ccc(F)cc4)cccc3s2)ccc1OCCN1CCCC1)c1ccc(F)cc1. The third-order valence-electron chi connectivity index (χ3n) is 7.09. The highest BCUT2D eigenvalue weighted by atomic mass is 32.1. The molecule has 7 heteroatoms. The molecule has 2 heterocycles. The molecule has 1 fully saturated rings. The van der Waals surface area contributed by atoms with Gasteiger partial charge in [0.25, 0.3) is 0 Å². The Morgan fingerprint density at radius 2 is 1.50 bits per heavy atom. The van der Waals surface area contributed by atoms with E-state index in [1.807, 2.05) is 30.3 Å². The van der Waals surface area contributed by atoms with Crippen LogP contribution in [0.4, 0.5) is 8.78 Å². The fraction of sp³-hybridized carbons (Fsp3) is 0.182. The summed E-state index contributed by atoms with van der Waals surface area (Å²) in [6, 6.07) is 25.5. The van der Waals surface area contributed by atoms with Gasteiger partial charge in [-0.05, 0) is 109 Å². The summed E-state index contributed by atoms with van der Waals surface area (Å²) >= 11 is 1.62. The molecular weight excluding hydrogens is 528 g/mol. The number of carbonyl (C=O) groups is 1. The average molecular weight is 556 g/mol. The van der Waals surface area contributed by atoms with Crippen LogP contribution in [0.3, 0.4) is 0 Å². The Balaban J connectivity index is 1.32. The zero-order valence-corrected chi connectivity index (χ0v) is 22.6. The Morgan fingerprint density at radius 1 is 0.800 bits per heavy atom. The Hall–Kier alpha value is -4.07. The molecular formula is C33H27F2NO3S. The Morgan fingerprint density at radius 3 is 2.25 bits per heavy atom. The predicted molar refractivity (Wildman–Crippen MR) is 155 cm³/mol. The van der Waals surface area contributed by atoms with Crippen molar-refractivity contribution in [3.63, 3.8) is 0 Å². The standard InChI is InChI=1S/C33H27F2NO3S/c34-25-11-6-22(7-12-25)27-4-3-5-31-28(27)21-32(40-31)24-10-15-29(38-19-18-36-16-1-2-17-36)30(20-24)39-33(37)23-8-13-26(35)14-9-23/h3-15,20-21H,1-2,16-19H2. The van der Waals surface area contributed by atoms with Crippen molar-refractivity contribution < 1.29 is 23.0 Å². The van der Waals surface area contributed by atoms with Crippen LogP contribution in [-0.4, -0.2) is 37.1 Å². The van der Waals surface area contributed by atoms with Gasteiger partial charge in [-0.3, -0.25) is 4.90 Å². The van der Waals surface area contributed by atoms with Crippen LogP contribution in [0.25, 0.3) is 31.7 Å². The lowest BCUT2D eigenvalue weighted by molar-refractivity contribution is 0.0727. The molecule has 0 amide bonds. The summed E-state index contributed by atoms with van der Waals surface area (Å²) in [5.41, 5.74) is 3.08. The lowest BCUT2D eigenvalue weighted by Gasteiger charge is -2.17. The lowest BCUT2D eigenvalue weighted by atomic mass is 10.0. The first-order chi connectivity index (χ1) is 19.5. The summed E-state index contributed by atoms with van der Waals surface area (Å²) in [4.78, 5) is 16.3. The van der Waals surface area contributed by atoms with Crippen LogP contribution in [0.5, 0.6) is 11.5 Å². The van der Waals surface area contributed by atoms with E-state index in [9.17, 15) is 13.6 Å². The summed E-state index contributed by atoms with van der Waals surface area (Å²) in [5, 5.41) is 1.06. The van der Waals surface area contributed by atoms with Crippen molar-refractivity contribution >= 4 is 27.4 Å². The van der Waals surface area contributed by atoms with Crippen LogP contribution in [0.15, 0.2) is 91.0 Å². The van der Waals surface area contributed by atoms with Gasteiger partial charge in [-0.2, -0.15) is 0 Å². The molecule has 0 atom stereocenters. The number of ether oxygens (including phenoxy) is 2. The van der Waals surface area contributed by atoms with E-state index in [0.29, 0.717) is 18.1 Å². The first kappa shape index (κ1) is 26.2. The molecule has 0 spiro atoms. The summed E-state index contributed by atoms with van der Waals surface area (Å²) in [6.45, 7) is 3.42.